The zero-order valence-electron chi connectivity index (χ0n) is 23.1. The van der Waals surface area contributed by atoms with Gasteiger partial charge in [-0.25, -0.2) is 14.4 Å². The lowest BCUT2D eigenvalue weighted by molar-refractivity contribution is -0.143. The van der Waals surface area contributed by atoms with Crippen molar-refractivity contribution >= 4 is 29.0 Å². The van der Waals surface area contributed by atoms with Crippen molar-refractivity contribution in [1.29, 1.82) is 0 Å². The minimum atomic E-state index is -5.05. The number of halogens is 4. The Hall–Kier alpha value is -4.10. The minimum Gasteiger partial charge on any atom is -0.389 e. The number of carbonyl (C=O) groups is 2. The number of pyridine rings is 2. The molecule has 2 aliphatic heterocycles. The topological polar surface area (TPSA) is 108 Å². The van der Waals surface area contributed by atoms with Gasteiger partial charge in [-0.3, -0.25) is 14.5 Å². The highest BCUT2D eigenvalue weighted by molar-refractivity contribution is 6.05. The van der Waals surface area contributed by atoms with E-state index >= 15 is 0 Å². The van der Waals surface area contributed by atoms with E-state index in [1.165, 1.54) is 4.90 Å². The van der Waals surface area contributed by atoms with Crippen molar-refractivity contribution in [2.45, 2.75) is 45.0 Å². The molecule has 9 nitrogen and oxygen atoms in total. The number of fused-ring (bicyclic) bond motifs is 3. The van der Waals surface area contributed by atoms with Crippen LogP contribution in [0, 0.1) is 12.7 Å². The van der Waals surface area contributed by atoms with Crippen molar-refractivity contribution in [3.63, 3.8) is 0 Å². The number of benzene rings is 1. The van der Waals surface area contributed by atoms with Crippen molar-refractivity contribution in [3.05, 3.63) is 65.4 Å². The second-order valence-corrected chi connectivity index (χ2v) is 11.0. The molecule has 3 aromatic rings. The first-order valence-electron chi connectivity index (χ1n) is 13.2. The van der Waals surface area contributed by atoms with Crippen LogP contribution in [0.5, 0.6) is 0 Å². The maximum atomic E-state index is 14.5. The molecule has 1 atom stereocenters. The number of rotatable bonds is 5. The highest BCUT2D eigenvalue weighted by Gasteiger charge is 2.39. The Labute approximate surface area is 239 Å². The quantitative estimate of drug-likeness (QED) is 0.421. The molecule has 42 heavy (non-hydrogen) atoms. The van der Waals surface area contributed by atoms with Crippen LogP contribution in [0.2, 0.25) is 0 Å². The van der Waals surface area contributed by atoms with Gasteiger partial charge in [0.15, 0.2) is 17.3 Å². The average molecular weight is 588 g/mol. The minimum absolute atomic E-state index is 0.0365. The van der Waals surface area contributed by atoms with Gasteiger partial charge in [0, 0.05) is 36.6 Å². The van der Waals surface area contributed by atoms with Crippen LogP contribution in [0.15, 0.2) is 42.7 Å². The van der Waals surface area contributed by atoms with E-state index in [2.05, 4.69) is 20.2 Å². The van der Waals surface area contributed by atoms with Gasteiger partial charge in [0.2, 0.25) is 5.91 Å². The Bertz CT molecular complexity index is 1540. The first-order valence-corrected chi connectivity index (χ1v) is 13.2. The summed E-state index contributed by atoms with van der Waals surface area (Å²) in [4.78, 5) is 37.3. The zero-order chi connectivity index (χ0) is 30.4. The molecule has 222 valence electrons. The number of carbonyl (C=O) groups excluding carboxylic acids is 2. The molecule has 1 aromatic carbocycles. The summed E-state index contributed by atoms with van der Waals surface area (Å²) in [6.07, 6.45) is -2.56. The van der Waals surface area contributed by atoms with E-state index in [4.69, 9.17) is 4.74 Å². The van der Waals surface area contributed by atoms with Gasteiger partial charge in [0.25, 0.3) is 5.91 Å². The van der Waals surface area contributed by atoms with Crippen LogP contribution in [-0.2, 0) is 15.7 Å². The fourth-order valence-electron chi connectivity index (χ4n) is 5.16. The van der Waals surface area contributed by atoms with Crippen LogP contribution in [0.4, 0.5) is 34.8 Å². The van der Waals surface area contributed by atoms with Gasteiger partial charge < -0.3 is 20.1 Å². The van der Waals surface area contributed by atoms with Gasteiger partial charge in [-0.1, -0.05) is 6.07 Å². The summed E-state index contributed by atoms with van der Waals surface area (Å²) < 4.78 is 59.4. The summed E-state index contributed by atoms with van der Waals surface area (Å²) in [5.74, 6) is -2.59. The summed E-state index contributed by atoms with van der Waals surface area (Å²) in [6.45, 7) is 6.44. The Morgan fingerprint density at radius 3 is 2.67 bits per heavy atom. The van der Waals surface area contributed by atoms with E-state index in [-0.39, 0.29) is 30.6 Å². The third-order valence-corrected chi connectivity index (χ3v) is 7.11. The van der Waals surface area contributed by atoms with Crippen molar-refractivity contribution < 1.29 is 37.0 Å². The number of nitrogens with zero attached hydrogens (tertiary/aromatic N) is 4. The largest absolute Gasteiger partial charge is 0.436 e. The van der Waals surface area contributed by atoms with E-state index in [0.717, 1.165) is 17.8 Å². The van der Waals surface area contributed by atoms with Crippen molar-refractivity contribution in [3.8, 4) is 11.1 Å². The number of alkyl halides is 3. The molecule has 4 heterocycles. The number of aromatic nitrogens is 2. The third-order valence-electron chi connectivity index (χ3n) is 7.11. The molecular formula is C29H29F4N5O4. The number of amides is 2. The molecule has 0 aliphatic carbocycles. The maximum Gasteiger partial charge on any atom is 0.436 e. The molecule has 5 rings (SSSR count). The molecule has 1 saturated heterocycles. The number of morpholine rings is 1. The Balaban J connectivity index is 1.51. The van der Waals surface area contributed by atoms with Gasteiger partial charge >= 0.3 is 6.18 Å². The molecule has 1 fully saturated rings. The number of anilines is 3. The van der Waals surface area contributed by atoms with E-state index in [1.54, 1.807) is 38.2 Å². The number of hydrogen-bond donors (Lipinski definition) is 2. The number of nitrogens with one attached hydrogen (secondary N) is 1. The summed E-state index contributed by atoms with van der Waals surface area (Å²) in [6, 6.07) is 7.42. The zero-order valence-corrected chi connectivity index (χ0v) is 23.1. The van der Waals surface area contributed by atoms with Crippen LogP contribution in [0.25, 0.3) is 11.1 Å². The number of aryl methyl sites for hydroxylation is 1. The van der Waals surface area contributed by atoms with Crippen LogP contribution >= 0.6 is 0 Å². The molecule has 0 spiro atoms. The van der Waals surface area contributed by atoms with Crippen LogP contribution in [0.1, 0.15) is 41.9 Å². The lowest BCUT2D eigenvalue weighted by Gasteiger charge is -2.36. The summed E-state index contributed by atoms with van der Waals surface area (Å²) in [5, 5.41) is 13.0. The van der Waals surface area contributed by atoms with Crippen LogP contribution in [-0.4, -0.2) is 64.8 Å². The van der Waals surface area contributed by atoms with E-state index in [9.17, 15) is 32.3 Å². The van der Waals surface area contributed by atoms with Gasteiger partial charge in [0.05, 0.1) is 42.7 Å². The van der Waals surface area contributed by atoms with Crippen molar-refractivity contribution in [1.82, 2.24) is 9.97 Å². The number of hydrogen-bond acceptors (Lipinski definition) is 7. The second kappa shape index (κ2) is 11.0. The standard InChI is InChI=1S/C29H29F4N5O4/c1-16-4-5-18(36-27(40)20-6-7-34-25(24(20)30)29(31,32)33)11-21(16)17-10-22-26(35-13-17)38(15-28(2,3)41)23(39)12-19-14-42-9-8-37(19)22/h4-7,10-11,13,19,41H,8-9,12,14-15H2,1-3H3,(H,36,40)/t19-/m1/s1. The summed E-state index contributed by atoms with van der Waals surface area (Å²) in [7, 11) is 0. The number of β-amino-alcohol motifs (C(OH)–C–C–N with tert-alkyl or cyclic N) is 1. The predicted octanol–water partition coefficient (Wildman–Crippen LogP) is 4.58. The first-order chi connectivity index (χ1) is 19.7. The van der Waals surface area contributed by atoms with Crippen molar-refractivity contribution in [2.75, 3.05) is 41.4 Å². The molecule has 2 aromatic heterocycles. The van der Waals surface area contributed by atoms with Crippen LogP contribution < -0.4 is 15.1 Å². The smallest absolute Gasteiger partial charge is 0.389 e. The van der Waals surface area contributed by atoms with Gasteiger partial charge in [-0.2, -0.15) is 13.2 Å². The van der Waals surface area contributed by atoms with E-state index in [0.29, 0.717) is 42.4 Å². The summed E-state index contributed by atoms with van der Waals surface area (Å²) >= 11 is 0. The predicted molar refractivity (Wildman–Crippen MR) is 147 cm³/mol. The normalized spacial score (nSPS) is 17.4. The molecule has 0 unspecified atom stereocenters. The molecule has 13 heteroatoms. The highest BCUT2D eigenvalue weighted by Crippen LogP contribution is 2.39. The average Bonchev–Trinajstić information content (AvgIpc) is 3.02. The molecule has 2 N–H and O–H groups in total. The Morgan fingerprint density at radius 2 is 1.95 bits per heavy atom. The number of ether oxygens (including phenoxy) is 1. The second-order valence-electron chi connectivity index (χ2n) is 11.0. The first kappa shape index (κ1) is 29.4. The molecule has 2 aliphatic rings. The monoisotopic (exact) mass is 587 g/mol. The molecule has 2 amide bonds. The van der Waals surface area contributed by atoms with E-state index in [1.807, 2.05) is 13.0 Å². The molecular weight excluding hydrogens is 558 g/mol. The highest BCUT2D eigenvalue weighted by atomic mass is 19.4. The summed E-state index contributed by atoms with van der Waals surface area (Å²) in [5.41, 5.74) is -0.710. The van der Waals surface area contributed by atoms with Crippen LogP contribution in [0.3, 0.4) is 0 Å². The molecule has 0 saturated carbocycles. The SMILES string of the molecule is Cc1ccc(NC(=O)c2ccnc(C(F)(F)F)c2F)cc1-c1cnc2c(c1)N1CCOC[C@H]1CC(=O)N2CC(C)(C)O. The van der Waals surface area contributed by atoms with E-state index < -0.39 is 34.8 Å². The van der Waals surface area contributed by atoms with Gasteiger partial charge in [-0.05, 0) is 56.2 Å². The molecule has 0 bridgehead atoms. The third kappa shape index (κ3) is 5.93. The molecule has 0 radical (unpaired) electrons. The lowest BCUT2D eigenvalue weighted by Crippen LogP contribution is -2.46. The Morgan fingerprint density at radius 1 is 1.19 bits per heavy atom. The fraction of sp³-hybridized carbons (Fsp3) is 0.379. The van der Waals surface area contributed by atoms with Crippen molar-refractivity contribution in [2.24, 2.45) is 0 Å². The van der Waals surface area contributed by atoms with Gasteiger partial charge in [0.1, 0.15) is 0 Å². The maximum absolute atomic E-state index is 14.5. The number of aliphatic hydroxyl groups is 1. The fourth-order valence-corrected chi connectivity index (χ4v) is 5.16. The van der Waals surface area contributed by atoms with Gasteiger partial charge in [-0.15, -0.1) is 0 Å². The lowest BCUT2D eigenvalue weighted by atomic mass is 10.00. The Kier molecular flexibility index (Phi) is 7.66.